The fourth-order valence-corrected chi connectivity index (χ4v) is 3.26. The summed E-state index contributed by atoms with van der Waals surface area (Å²) >= 11 is 7.15. The van der Waals surface area contributed by atoms with Crippen molar-refractivity contribution in [3.8, 4) is 0 Å². The molecule has 2 aromatic carbocycles. The van der Waals surface area contributed by atoms with Crippen molar-refractivity contribution in [2.75, 3.05) is 11.1 Å². The lowest BCUT2D eigenvalue weighted by atomic mass is 10.1. The van der Waals surface area contributed by atoms with Crippen molar-refractivity contribution < 1.29 is 9.72 Å². The van der Waals surface area contributed by atoms with E-state index in [0.29, 0.717) is 10.2 Å². The number of H-pyrrole nitrogens is 1. The minimum Gasteiger partial charge on any atom is -0.333 e. The van der Waals surface area contributed by atoms with Crippen LogP contribution in [0.4, 0.5) is 11.4 Å². The van der Waals surface area contributed by atoms with Crippen molar-refractivity contribution in [1.82, 2.24) is 9.97 Å². The molecule has 0 aliphatic rings. The van der Waals surface area contributed by atoms with Gasteiger partial charge in [-0.05, 0) is 49.2 Å². The maximum Gasteiger partial charge on any atom is 0.293 e. The summed E-state index contributed by atoms with van der Waals surface area (Å²) in [4.78, 5) is 30.3. The van der Waals surface area contributed by atoms with Crippen LogP contribution in [-0.4, -0.2) is 26.6 Å². The van der Waals surface area contributed by atoms with E-state index in [1.54, 1.807) is 31.2 Å². The van der Waals surface area contributed by atoms with Gasteiger partial charge in [-0.15, -0.1) is 0 Å². The number of carbonyl (C=O) groups is 1. The maximum atomic E-state index is 12.2. The number of nitrogens with zero attached hydrogens (tertiary/aromatic N) is 2. The highest BCUT2D eigenvalue weighted by atomic mass is 35.5. The van der Waals surface area contributed by atoms with Gasteiger partial charge >= 0.3 is 0 Å². The first-order chi connectivity index (χ1) is 12.3. The topological polar surface area (TPSA) is 101 Å². The van der Waals surface area contributed by atoms with Crippen molar-refractivity contribution in [2.45, 2.75) is 19.0 Å². The Morgan fingerprint density at radius 1 is 1.31 bits per heavy atom. The Bertz CT molecular complexity index is 1020. The van der Waals surface area contributed by atoms with Crippen molar-refractivity contribution in [3.63, 3.8) is 0 Å². The highest BCUT2D eigenvalue weighted by molar-refractivity contribution is 7.99. The number of nitro benzene ring substituents is 1. The number of amides is 1. The summed E-state index contributed by atoms with van der Waals surface area (Å²) in [5.74, 6) is -0.280. The summed E-state index contributed by atoms with van der Waals surface area (Å²) in [6.45, 7) is 3.63. The first-order valence-corrected chi connectivity index (χ1v) is 9.03. The third-order valence-corrected chi connectivity index (χ3v) is 4.95. The number of benzene rings is 2. The molecule has 134 valence electrons. The van der Waals surface area contributed by atoms with Gasteiger partial charge in [0.05, 0.1) is 21.7 Å². The van der Waals surface area contributed by atoms with E-state index in [4.69, 9.17) is 11.6 Å². The number of imidazole rings is 1. The molecule has 0 atom stereocenters. The number of fused-ring (bicyclic) bond motifs is 1. The molecule has 0 fully saturated rings. The predicted octanol–water partition coefficient (Wildman–Crippen LogP) is 4.47. The zero-order chi connectivity index (χ0) is 18.8. The van der Waals surface area contributed by atoms with E-state index in [0.717, 1.165) is 22.2 Å². The highest BCUT2D eigenvalue weighted by Gasteiger charge is 2.18. The molecule has 0 saturated carbocycles. The first-order valence-electron chi connectivity index (χ1n) is 7.67. The lowest BCUT2D eigenvalue weighted by Crippen LogP contribution is -2.15. The lowest BCUT2D eigenvalue weighted by Gasteiger charge is -2.08. The second kappa shape index (κ2) is 7.35. The fraction of sp³-hybridized carbons (Fsp3) is 0.176. The van der Waals surface area contributed by atoms with Crippen LogP contribution in [-0.2, 0) is 4.79 Å². The van der Waals surface area contributed by atoms with Crippen LogP contribution >= 0.6 is 23.4 Å². The number of rotatable bonds is 5. The Kier molecular flexibility index (Phi) is 5.15. The van der Waals surface area contributed by atoms with E-state index in [1.165, 1.54) is 17.8 Å². The number of hydrogen-bond donors (Lipinski definition) is 2. The zero-order valence-corrected chi connectivity index (χ0v) is 15.6. The summed E-state index contributed by atoms with van der Waals surface area (Å²) in [6.07, 6.45) is 0. The second-order valence-electron chi connectivity index (χ2n) is 5.75. The Morgan fingerprint density at radius 2 is 2.04 bits per heavy atom. The molecule has 3 rings (SSSR count). The highest BCUT2D eigenvalue weighted by Crippen LogP contribution is 2.28. The largest absolute Gasteiger partial charge is 0.333 e. The molecule has 9 heteroatoms. The standard InChI is InChI=1S/C17H15ClN4O3S/c1-9-5-14(15(22(24)25)6-10(9)2)19-16(23)8-26-17-20-12-4-3-11(18)7-13(12)21-17/h3-7H,8H2,1-2H3,(H,19,23)(H,20,21). The third kappa shape index (κ3) is 3.97. The van der Waals surface area contributed by atoms with Gasteiger partial charge in [-0.25, -0.2) is 4.98 Å². The van der Waals surface area contributed by atoms with Crippen LogP contribution in [0, 0.1) is 24.0 Å². The molecule has 0 bridgehead atoms. The molecule has 1 amide bonds. The summed E-state index contributed by atoms with van der Waals surface area (Å²) < 4.78 is 0. The van der Waals surface area contributed by atoms with Gasteiger partial charge in [0.15, 0.2) is 5.16 Å². The van der Waals surface area contributed by atoms with Gasteiger partial charge in [-0.1, -0.05) is 23.4 Å². The average molecular weight is 391 g/mol. The quantitative estimate of drug-likeness (QED) is 0.380. The summed E-state index contributed by atoms with van der Waals surface area (Å²) in [7, 11) is 0. The second-order valence-corrected chi connectivity index (χ2v) is 7.15. The molecule has 0 radical (unpaired) electrons. The van der Waals surface area contributed by atoms with Crippen LogP contribution in [0.1, 0.15) is 11.1 Å². The molecular formula is C17H15ClN4O3S. The minimum absolute atomic E-state index is 0.0671. The number of aryl methyl sites for hydroxylation is 2. The smallest absolute Gasteiger partial charge is 0.293 e. The predicted molar refractivity (Wildman–Crippen MR) is 103 cm³/mol. The molecule has 26 heavy (non-hydrogen) atoms. The van der Waals surface area contributed by atoms with Gasteiger partial charge < -0.3 is 10.3 Å². The van der Waals surface area contributed by atoms with Gasteiger partial charge in [0.2, 0.25) is 5.91 Å². The Balaban J connectivity index is 1.70. The average Bonchev–Trinajstić information content (AvgIpc) is 2.97. The number of nitrogens with one attached hydrogen (secondary N) is 2. The molecule has 1 aromatic heterocycles. The van der Waals surface area contributed by atoms with E-state index in [2.05, 4.69) is 15.3 Å². The fourth-order valence-electron chi connectivity index (χ4n) is 2.40. The summed E-state index contributed by atoms with van der Waals surface area (Å²) in [5, 5.41) is 15.0. The number of halogens is 1. The molecule has 0 saturated heterocycles. The number of aromatic amines is 1. The monoisotopic (exact) mass is 390 g/mol. The number of nitro groups is 1. The molecule has 0 unspecified atom stereocenters. The van der Waals surface area contributed by atoms with Crippen molar-refractivity contribution in [3.05, 3.63) is 56.6 Å². The molecule has 2 N–H and O–H groups in total. The van der Waals surface area contributed by atoms with Gasteiger partial charge in [0, 0.05) is 11.1 Å². The van der Waals surface area contributed by atoms with Gasteiger partial charge in [0.1, 0.15) is 5.69 Å². The SMILES string of the molecule is Cc1cc(NC(=O)CSc2nc3ccc(Cl)cc3[nH]2)c([N+](=O)[O-])cc1C. The van der Waals surface area contributed by atoms with Crippen LogP contribution in [0.5, 0.6) is 0 Å². The molecule has 1 heterocycles. The van der Waals surface area contributed by atoms with Crippen LogP contribution in [0.3, 0.4) is 0 Å². The van der Waals surface area contributed by atoms with Crippen molar-refractivity contribution >= 4 is 51.7 Å². The number of anilines is 1. The molecule has 0 spiro atoms. The summed E-state index contributed by atoms with van der Waals surface area (Å²) in [5.41, 5.74) is 3.27. The zero-order valence-electron chi connectivity index (χ0n) is 14.0. The van der Waals surface area contributed by atoms with Crippen molar-refractivity contribution in [2.24, 2.45) is 0 Å². The van der Waals surface area contributed by atoms with E-state index >= 15 is 0 Å². The normalized spacial score (nSPS) is 10.9. The Morgan fingerprint density at radius 3 is 2.77 bits per heavy atom. The van der Waals surface area contributed by atoms with Crippen LogP contribution in [0.15, 0.2) is 35.5 Å². The Labute approximate surface area is 158 Å². The number of carbonyl (C=O) groups excluding carboxylic acids is 1. The summed E-state index contributed by atoms with van der Waals surface area (Å²) in [6, 6.07) is 8.36. The number of thioether (sulfide) groups is 1. The van der Waals surface area contributed by atoms with Crippen LogP contribution in [0.25, 0.3) is 11.0 Å². The van der Waals surface area contributed by atoms with Crippen LogP contribution in [0.2, 0.25) is 5.02 Å². The maximum absolute atomic E-state index is 12.2. The molecule has 0 aliphatic carbocycles. The lowest BCUT2D eigenvalue weighted by molar-refractivity contribution is -0.384. The molecular weight excluding hydrogens is 376 g/mol. The van der Waals surface area contributed by atoms with E-state index in [9.17, 15) is 14.9 Å². The van der Waals surface area contributed by atoms with E-state index < -0.39 is 4.92 Å². The van der Waals surface area contributed by atoms with E-state index in [-0.39, 0.29) is 23.0 Å². The molecule has 3 aromatic rings. The van der Waals surface area contributed by atoms with Gasteiger partial charge in [-0.2, -0.15) is 0 Å². The minimum atomic E-state index is -0.502. The van der Waals surface area contributed by atoms with E-state index in [1.807, 2.05) is 6.92 Å². The molecule has 7 nitrogen and oxygen atoms in total. The first kappa shape index (κ1) is 18.2. The van der Waals surface area contributed by atoms with Crippen LogP contribution < -0.4 is 5.32 Å². The number of hydrogen-bond acceptors (Lipinski definition) is 5. The molecule has 0 aliphatic heterocycles. The Hall–Kier alpha value is -2.58. The van der Waals surface area contributed by atoms with Gasteiger partial charge in [-0.3, -0.25) is 14.9 Å². The number of aromatic nitrogens is 2. The third-order valence-electron chi connectivity index (χ3n) is 3.84. The van der Waals surface area contributed by atoms with Gasteiger partial charge in [0.25, 0.3) is 5.69 Å². The van der Waals surface area contributed by atoms with Crippen molar-refractivity contribution in [1.29, 1.82) is 0 Å².